The van der Waals surface area contributed by atoms with E-state index in [9.17, 15) is 4.79 Å². The number of rotatable bonds is 8. The average molecular weight is 538 g/mol. The van der Waals surface area contributed by atoms with Crippen LogP contribution in [0.2, 0.25) is 0 Å². The van der Waals surface area contributed by atoms with Crippen LogP contribution in [0.25, 0.3) is 16.6 Å². The molecule has 1 aliphatic rings. The number of unbranched alkanes of at least 4 members (excludes halogenated alkanes) is 1. The number of benzene rings is 3. The first-order valence-electron chi connectivity index (χ1n) is 12.5. The largest absolute Gasteiger partial charge is 0.330 e. The molecule has 0 unspecified atom stereocenters. The lowest BCUT2D eigenvalue weighted by Gasteiger charge is -2.26. The summed E-state index contributed by atoms with van der Waals surface area (Å²) in [6.45, 7) is 6.33. The van der Waals surface area contributed by atoms with Crippen molar-refractivity contribution < 1.29 is 4.79 Å². The number of hydrogen-bond acceptors (Lipinski definition) is 3. The van der Waals surface area contributed by atoms with Crippen LogP contribution in [0.15, 0.2) is 85.2 Å². The van der Waals surface area contributed by atoms with Gasteiger partial charge in [-0.1, -0.05) is 54.6 Å². The zero-order chi connectivity index (χ0) is 24.0. The van der Waals surface area contributed by atoms with Gasteiger partial charge in [-0.15, -0.1) is 24.8 Å². The van der Waals surface area contributed by atoms with Crippen molar-refractivity contribution in [3.05, 3.63) is 102 Å². The van der Waals surface area contributed by atoms with Gasteiger partial charge in [0.15, 0.2) is 0 Å². The molecular weight excluding hydrogens is 503 g/mol. The maximum atomic E-state index is 12.5. The topological polar surface area (TPSA) is 50.2 Å². The highest BCUT2D eigenvalue weighted by atomic mass is 35.5. The van der Waals surface area contributed by atoms with Gasteiger partial charge in [0.1, 0.15) is 0 Å². The van der Waals surface area contributed by atoms with Gasteiger partial charge < -0.3 is 9.88 Å². The first-order valence-corrected chi connectivity index (χ1v) is 12.5. The summed E-state index contributed by atoms with van der Waals surface area (Å²) in [4.78, 5) is 19.7. The highest BCUT2D eigenvalue weighted by Crippen LogP contribution is 2.25. The zero-order valence-electron chi connectivity index (χ0n) is 21.1. The smallest absolute Gasteiger partial charge is 0.255 e. The number of amides is 1. The third kappa shape index (κ3) is 7.01. The number of carbonyl (C=O) groups excluding carboxylic acids is 1. The number of aromatic nitrogens is 2. The predicted molar refractivity (Wildman–Crippen MR) is 158 cm³/mol. The second kappa shape index (κ2) is 13.4. The Morgan fingerprint density at radius 2 is 1.65 bits per heavy atom. The molecule has 1 N–H and O–H groups in total. The van der Waals surface area contributed by atoms with Crippen LogP contribution >= 0.6 is 24.8 Å². The van der Waals surface area contributed by atoms with Gasteiger partial charge in [0.25, 0.3) is 5.91 Å². The summed E-state index contributed by atoms with van der Waals surface area (Å²) in [5, 5.41) is 3.00. The molecule has 7 heteroatoms. The van der Waals surface area contributed by atoms with E-state index in [0.717, 1.165) is 61.3 Å². The Morgan fingerprint density at radius 3 is 2.35 bits per heavy atom. The SMILES string of the molecule is Cc1cc(NC(=O)c2ccccc2)cc2ncn(CCCCN3CC=C(c4ccccc4)CC3)c12.Cl.Cl. The number of halogens is 2. The summed E-state index contributed by atoms with van der Waals surface area (Å²) >= 11 is 0. The van der Waals surface area contributed by atoms with E-state index in [1.165, 1.54) is 17.6 Å². The summed E-state index contributed by atoms with van der Waals surface area (Å²) in [6, 6.07) is 24.0. The molecule has 0 fully saturated rings. The van der Waals surface area contributed by atoms with Crippen LogP contribution in [0.5, 0.6) is 0 Å². The molecule has 1 aromatic heterocycles. The van der Waals surface area contributed by atoms with Crippen molar-refractivity contribution in [2.75, 3.05) is 25.0 Å². The molecule has 5 nitrogen and oxygen atoms in total. The Balaban J connectivity index is 0.00000190. The molecular formula is C30H34Cl2N4O. The number of carbonyl (C=O) groups is 1. The molecule has 194 valence electrons. The third-order valence-electron chi connectivity index (χ3n) is 6.76. The van der Waals surface area contributed by atoms with Crippen molar-refractivity contribution in [1.29, 1.82) is 0 Å². The summed E-state index contributed by atoms with van der Waals surface area (Å²) < 4.78 is 2.25. The van der Waals surface area contributed by atoms with Gasteiger partial charge in [-0.2, -0.15) is 0 Å². The fourth-order valence-corrected chi connectivity index (χ4v) is 4.90. The zero-order valence-corrected chi connectivity index (χ0v) is 22.7. The van der Waals surface area contributed by atoms with Crippen molar-refractivity contribution in [3.63, 3.8) is 0 Å². The predicted octanol–water partition coefficient (Wildman–Crippen LogP) is 7.01. The van der Waals surface area contributed by atoms with Crippen molar-refractivity contribution in [2.45, 2.75) is 32.7 Å². The van der Waals surface area contributed by atoms with Crippen LogP contribution in [-0.2, 0) is 6.54 Å². The second-order valence-electron chi connectivity index (χ2n) is 9.27. The molecule has 4 aromatic rings. The second-order valence-corrected chi connectivity index (χ2v) is 9.27. The minimum Gasteiger partial charge on any atom is -0.330 e. The number of hydrogen-bond donors (Lipinski definition) is 1. The fraction of sp³-hybridized carbons (Fsp3) is 0.267. The van der Waals surface area contributed by atoms with Crippen LogP contribution in [0.1, 0.15) is 40.7 Å². The number of aryl methyl sites for hydroxylation is 2. The van der Waals surface area contributed by atoms with Crippen molar-refractivity contribution in [2.24, 2.45) is 0 Å². The standard InChI is InChI=1S/C30H32N4O.2ClH/c1-23-20-27(32-30(35)26-12-6-3-7-13-26)21-28-29(23)34(22-31-28)17-9-8-16-33-18-14-25(15-19-33)24-10-4-2-5-11-24;;/h2-7,10-14,20-22H,8-9,15-19H2,1H3,(H,32,35);2*1H. The fourth-order valence-electron chi connectivity index (χ4n) is 4.90. The summed E-state index contributed by atoms with van der Waals surface area (Å²) in [5.41, 5.74) is 7.45. The van der Waals surface area contributed by atoms with Crippen molar-refractivity contribution in [1.82, 2.24) is 14.5 Å². The minimum absolute atomic E-state index is 0. The van der Waals surface area contributed by atoms with E-state index >= 15 is 0 Å². The summed E-state index contributed by atoms with van der Waals surface area (Å²) in [7, 11) is 0. The van der Waals surface area contributed by atoms with Gasteiger partial charge in [0.2, 0.25) is 0 Å². The molecule has 2 heterocycles. The van der Waals surface area contributed by atoms with E-state index in [1.807, 2.05) is 48.8 Å². The number of imidazole rings is 1. The minimum atomic E-state index is -0.104. The molecule has 0 spiro atoms. The maximum Gasteiger partial charge on any atom is 0.255 e. The van der Waals surface area contributed by atoms with E-state index < -0.39 is 0 Å². The van der Waals surface area contributed by atoms with E-state index in [4.69, 9.17) is 0 Å². The van der Waals surface area contributed by atoms with Gasteiger partial charge in [-0.05, 0) is 73.7 Å². The quantitative estimate of drug-likeness (QED) is 0.246. The van der Waals surface area contributed by atoms with Gasteiger partial charge in [0.05, 0.1) is 17.4 Å². The van der Waals surface area contributed by atoms with E-state index in [1.54, 1.807) is 0 Å². The monoisotopic (exact) mass is 536 g/mol. The Hall–Kier alpha value is -3.12. The van der Waals surface area contributed by atoms with Gasteiger partial charge in [-0.25, -0.2) is 4.98 Å². The molecule has 0 saturated heterocycles. The number of nitrogens with one attached hydrogen (secondary N) is 1. The average Bonchev–Trinajstić information content (AvgIpc) is 3.31. The lowest BCUT2D eigenvalue weighted by Crippen LogP contribution is -2.29. The van der Waals surface area contributed by atoms with Crippen LogP contribution in [0.3, 0.4) is 0 Å². The van der Waals surface area contributed by atoms with Crippen LogP contribution < -0.4 is 5.32 Å². The lowest BCUT2D eigenvalue weighted by atomic mass is 9.99. The van der Waals surface area contributed by atoms with Crippen molar-refractivity contribution >= 4 is 53.0 Å². The Morgan fingerprint density at radius 1 is 0.946 bits per heavy atom. The van der Waals surface area contributed by atoms with Crippen LogP contribution in [0, 0.1) is 6.92 Å². The Kier molecular flexibility index (Phi) is 10.3. The molecule has 0 aliphatic carbocycles. The molecule has 3 aromatic carbocycles. The summed E-state index contributed by atoms with van der Waals surface area (Å²) in [5.74, 6) is -0.104. The number of anilines is 1. The molecule has 37 heavy (non-hydrogen) atoms. The molecule has 0 bridgehead atoms. The molecule has 0 atom stereocenters. The first kappa shape index (κ1) is 28.5. The number of fused-ring (bicyclic) bond motifs is 1. The van der Waals surface area contributed by atoms with Gasteiger partial charge in [-0.3, -0.25) is 9.69 Å². The molecule has 0 saturated carbocycles. The number of nitrogens with zero attached hydrogens (tertiary/aromatic N) is 3. The Labute approximate surface area is 231 Å². The van der Waals surface area contributed by atoms with Crippen molar-refractivity contribution in [3.8, 4) is 0 Å². The van der Waals surface area contributed by atoms with Gasteiger partial charge >= 0.3 is 0 Å². The highest BCUT2D eigenvalue weighted by molar-refractivity contribution is 6.05. The first-order chi connectivity index (χ1) is 17.2. The molecule has 1 amide bonds. The summed E-state index contributed by atoms with van der Waals surface area (Å²) in [6.07, 6.45) is 7.72. The van der Waals surface area contributed by atoms with E-state index in [-0.39, 0.29) is 30.7 Å². The molecule has 0 radical (unpaired) electrons. The van der Waals surface area contributed by atoms with E-state index in [2.05, 4.69) is 63.1 Å². The third-order valence-corrected chi connectivity index (χ3v) is 6.76. The highest BCUT2D eigenvalue weighted by Gasteiger charge is 2.13. The van der Waals surface area contributed by atoms with Crippen LogP contribution in [0.4, 0.5) is 5.69 Å². The van der Waals surface area contributed by atoms with Gasteiger partial charge in [0, 0.05) is 30.9 Å². The molecule has 1 aliphatic heterocycles. The normalized spacial score (nSPS) is 13.4. The lowest BCUT2D eigenvalue weighted by molar-refractivity contribution is 0.102. The molecule has 5 rings (SSSR count). The Bertz CT molecular complexity index is 1340. The maximum absolute atomic E-state index is 12.5. The van der Waals surface area contributed by atoms with E-state index in [0.29, 0.717) is 5.56 Å². The van der Waals surface area contributed by atoms with Crippen LogP contribution in [-0.4, -0.2) is 40.0 Å².